The van der Waals surface area contributed by atoms with Crippen LogP contribution in [-0.2, 0) is 17.8 Å². The second-order valence-electron chi connectivity index (χ2n) is 5.22. The molecular weight excluding hydrogens is 300 g/mol. The second-order valence-corrected chi connectivity index (χ2v) is 5.63. The van der Waals surface area contributed by atoms with Gasteiger partial charge < -0.3 is 10.2 Å². The third-order valence-electron chi connectivity index (χ3n) is 3.10. The van der Waals surface area contributed by atoms with Gasteiger partial charge in [0.2, 0.25) is 5.91 Å². The maximum Gasteiger partial charge on any atom is 0.224 e. The lowest BCUT2D eigenvalue weighted by molar-refractivity contribution is -0.120. The topological polar surface area (TPSA) is 58.1 Å². The number of anilines is 1. The van der Waals surface area contributed by atoms with Gasteiger partial charge in [0.05, 0.1) is 13.0 Å². The molecule has 0 atom stereocenters. The normalized spacial score (nSPS) is 10.4. The van der Waals surface area contributed by atoms with Gasteiger partial charge in [0, 0.05) is 30.9 Å². The van der Waals surface area contributed by atoms with Crippen molar-refractivity contribution in [2.45, 2.75) is 19.9 Å². The van der Waals surface area contributed by atoms with Gasteiger partial charge in [0.25, 0.3) is 0 Å². The Labute approximate surface area is 135 Å². The van der Waals surface area contributed by atoms with Gasteiger partial charge in [-0.1, -0.05) is 29.8 Å². The van der Waals surface area contributed by atoms with Crippen LogP contribution in [0, 0.1) is 6.92 Å². The molecule has 0 radical (unpaired) electrons. The van der Waals surface area contributed by atoms with Crippen LogP contribution in [0.25, 0.3) is 0 Å². The first-order valence-corrected chi connectivity index (χ1v) is 7.35. The Morgan fingerprint density at radius 3 is 2.68 bits per heavy atom. The number of amides is 1. The molecular formula is C16H19ClN4O. The molecule has 0 aliphatic carbocycles. The average Bonchev–Trinajstić information content (AvgIpc) is 2.47. The second kappa shape index (κ2) is 7.22. The molecule has 0 aliphatic heterocycles. The summed E-state index contributed by atoms with van der Waals surface area (Å²) in [5.74, 6) is 1.31. The maximum absolute atomic E-state index is 12.0. The van der Waals surface area contributed by atoms with Crippen LogP contribution >= 0.6 is 11.6 Å². The van der Waals surface area contributed by atoms with Crippen molar-refractivity contribution < 1.29 is 4.79 Å². The highest BCUT2D eigenvalue weighted by molar-refractivity contribution is 6.31. The summed E-state index contributed by atoms with van der Waals surface area (Å²) in [6.45, 7) is 2.20. The SMILES string of the molecule is Cc1cc(N(C)C)nc(CNC(=O)Cc2ccccc2Cl)n1. The monoisotopic (exact) mass is 318 g/mol. The molecule has 0 bridgehead atoms. The number of nitrogens with one attached hydrogen (secondary N) is 1. The fourth-order valence-electron chi connectivity index (χ4n) is 1.98. The number of aryl methyl sites for hydroxylation is 1. The molecule has 1 aromatic carbocycles. The van der Waals surface area contributed by atoms with Gasteiger partial charge >= 0.3 is 0 Å². The van der Waals surface area contributed by atoms with E-state index in [-0.39, 0.29) is 12.3 Å². The fraction of sp³-hybridized carbons (Fsp3) is 0.312. The van der Waals surface area contributed by atoms with Crippen molar-refractivity contribution in [3.63, 3.8) is 0 Å². The molecule has 1 N–H and O–H groups in total. The Bertz CT molecular complexity index is 673. The Morgan fingerprint density at radius 1 is 1.27 bits per heavy atom. The summed E-state index contributed by atoms with van der Waals surface area (Å²) in [4.78, 5) is 22.7. The average molecular weight is 319 g/mol. The molecule has 2 rings (SSSR count). The van der Waals surface area contributed by atoms with Gasteiger partial charge in [-0.3, -0.25) is 4.79 Å². The summed E-state index contributed by atoms with van der Waals surface area (Å²) in [5.41, 5.74) is 1.68. The summed E-state index contributed by atoms with van der Waals surface area (Å²) < 4.78 is 0. The molecule has 1 heterocycles. The minimum atomic E-state index is -0.107. The number of halogens is 1. The number of aromatic nitrogens is 2. The van der Waals surface area contributed by atoms with Crippen LogP contribution in [-0.4, -0.2) is 30.0 Å². The quantitative estimate of drug-likeness (QED) is 0.919. The van der Waals surface area contributed by atoms with Crippen molar-refractivity contribution in [1.82, 2.24) is 15.3 Å². The number of hydrogen-bond acceptors (Lipinski definition) is 4. The van der Waals surface area contributed by atoms with Gasteiger partial charge in [-0.05, 0) is 18.6 Å². The third-order valence-corrected chi connectivity index (χ3v) is 3.47. The highest BCUT2D eigenvalue weighted by atomic mass is 35.5. The smallest absolute Gasteiger partial charge is 0.224 e. The molecule has 116 valence electrons. The molecule has 2 aromatic rings. The zero-order chi connectivity index (χ0) is 16.1. The number of carbonyl (C=O) groups is 1. The molecule has 5 nitrogen and oxygen atoms in total. The third kappa shape index (κ3) is 4.43. The number of rotatable bonds is 5. The highest BCUT2D eigenvalue weighted by Gasteiger charge is 2.08. The molecule has 0 fully saturated rings. The number of nitrogens with zero attached hydrogens (tertiary/aromatic N) is 3. The predicted octanol–water partition coefficient (Wildman–Crippen LogP) is 2.36. The molecule has 1 amide bonds. The summed E-state index contributed by atoms with van der Waals surface area (Å²) in [6.07, 6.45) is 0.242. The van der Waals surface area contributed by atoms with Crippen LogP contribution in [0.2, 0.25) is 5.02 Å². The largest absolute Gasteiger partial charge is 0.363 e. The van der Waals surface area contributed by atoms with E-state index in [4.69, 9.17) is 11.6 Å². The van der Waals surface area contributed by atoms with Crippen molar-refractivity contribution >= 4 is 23.3 Å². The number of hydrogen-bond donors (Lipinski definition) is 1. The predicted molar refractivity (Wildman–Crippen MR) is 88.1 cm³/mol. The zero-order valence-electron chi connectivity index (χ0n) is 12.9. The minimum absolute atomic E-state index is 0.107. The first kappa shape index (κ1) is 16.2. The molecule has 0 saturated carbocycles. The molecule has 0 saturated heterocycles. The molecule has 0 unspecified atom stereocenters. The Kier molecular flexibility index (Phi) is 5.33. The van der Waals surface area contributed by atoms with Crippen LogP contribution in [0.1, 0.15) is 17.1 Å². The van der Waals surface area contributed by atoms with E-state index < -0.39 is 0 Å². The zero-order valence-corrected chi connectivity index (χ0v) is 13.7. The lowest BCUT2D eigenvalue weighted by atomic mass is 10.1. The lowest BCUT2D eigenvalue weighted by Gasteiger charge is -2.13. The molecule has 22 heavy (non-hydrogen) atoms. The summed E-state index contributed by atoms with van der Waals surface area (Å²) in [6, 6.07) is 9.22. The van der Waals surface area contributed by atoms with Crippen molar-refractivity contribution in [3.05, 3.63) is 52.4 Å². The number of carbonyl (C=O) groups excluding carboxylic acids is 1. The van der Waals surface area contributed by atoms with Crippen LogP contribution < -0.4 is 10.2 Å². The van der Waals surface area contributed by atoms with Gasteiger partial charge in [-0.25, -0.2) is 9.97 Å². The summed E-state index contributed by atoms with van der Waals surface area (Å²) in [7, 11) is 3.84. The van der Waals surface area contributed by atoms with E-state index in [0.717, 1.165) is 17.1 Å². The van der Waals surface area contributed by atoms with Crippen LogP contribution in [0.15, 0.2) is 30.3 Å². The first-order chi connectivity index (χ1) is 10.5. The maximum atomic E-state index is 12.0. The van der Waals surface area contributed by atoms with E-state index in [2.05, 4.69) is 15.3 Å². The fourth-order valence-corrected chi connectivity index (χ4v) is 2.18. The van der Waals surface area contributed by atoms with Gasteiger partial charge in [-0.15, -0.1) is 0 Å². The molecule has 0 spiro atoms. The lowest BCUT2D eigenvalue weighted by Crippen LogP contribution is -2.26. The van der Waals surface area contributed by atoms with Crippen molar-refractivity contribution in [3.8, 4) is 0 Å². The Morgan fingerprint density at radius 2 is 2.00 bits per heavy atom. The van der Waals surface area contributed by atoms with Crippen LogP contribution in [0.5, 0.6) is 0 Å². The van der Waals surface area contributed by atoms with E-state index in [1.54, 1.807) is 6.07 Å². The molecule has 0 aliphatic rings. The standard InChI is InChI=1S/C16H19ClN4O/c1-11-8-15(21(2)3)20-14(19-11)10-18-16(22)9-12-6-4-5-7-13(12)17/h4-8H,9-10H2,1-3H3,(H,18,22). The first-order valence-electron chi connectivity index (χ1n) is 6.97. The number of benzene rings is 1. The van der Waals surface area contributed by atoms with E-state index in [0.29, 0.717) is 17.4 Å². The summed E-state index contributed by atoms with van der Waals surface area (Å²) >= 11 is 6.05. The van der Waals surface area contributed by atoms with Gasteiger partial charge in [0.15, 0.2) is 0 Å². The van der Waals surface area contributed by atoms with Crippen molar-refractivity contribution in [2.24, 2.45) is 0 Å². The van der Waals surface area contributed by atoms with Gasteiger partial charge in [-0.2, -0.15) is 0 Å². The minimum Gasteiger partial charge on any atom is -0.363 e. The Hall–Kier alpha value is -2.14. The van der Waals surface area contributed by atoms with Crippen LogP contribution in [0.4, 0.5) is 5.82 Å². The van der Waals surface area contributed by atoms with E-state index in [9.17, 15) is 4.79 Å². The highest BCUT2D eigenvalue weighted by Crippen LogP contribution is 2.15. The van der Waals surface area contributed by atoms with E-state index >= 15 is 0 Å². The van der Waals surface area contributed by atoms with E-state index in [1.807, 2.05) is 50.2 Å². The Balaban J connectivity index is 1.98. The summed E-state index contributed by atoms with van der Waals surface area (Å²) in [5, 5.41) is 3.42. The van der Waals surface area contributed by atoms with Crippen molar-refractivity contribution in [2.75, 3.05) is 19.0 Å². The van der Waals surface area contributed by atoms with E-state index in [1.165, 1.54) is 0 Å². The van der Waals surface area contributed by atoms with Crippen molar-refractivity contribution in [1.29, 1.82) is 0 Å². The van der Waals surface area contributed by atoms with Crippen LogP contribution in [0.3, 0.4) is 0 Å². The van der Waals surface area contributed by atoms with Gasteiger partial charge in [0.1, 0.15) is 11.6 Å². The molecule has 1 aromatic heterocycles. The molecule has 6 heteroatoms.